The third-order valence-electron chi connectivity index (χ3n) is 7.23. The fourth-order valence-corrected chi connectivity index (χ4v) is 6.01. The molecule has 4 heteroatoms. The maximum absolute atomic E-state index is 13.9. The first-order chi connectivity index (χ1) is 16.1. The molecule has 0 fully saturated rings. The number of hydrogen-bond acceptors (Lipinski definition) is 4. The summed E-state index contributed by atoms with van der Waals surface area (Å²) >= 11 is 0. The van der Waals surface area contributed by atoms with Gasteiger partial charge in [0.1, 0.15) is 0 Å². The lowest BCUT2D eigenvalue weighted by molar-refractivity contribution is -0.174. The number of ether oxygens (including phenoxy) is 2. The standard InChI is InChI=1S/C29H28O4/c1-3-32-27(30)29(28(31)33-4-2)18-24(19-12-6-5-7-13-19)25-20-14-8-10-16-22(20)26(29)23-17-11-9-15-21(23)25/h5-17,24-26H,3-4,18H2,1-2H3/t24-,25?,26?/m0/s1. The Balaban J connectivity index is 1.88. The van der Waals surface area contributed by atoms with Crippen molar-refractivity contribution in [2.75, 3.05) is 13.2 Å². The van der Waals surface area contributed by atoms with Gasteiger partial charge in [-0.2, -0.15) is 0 Å². The lowest BCUT2D eigenvalue weighted by atomic mass is 9.64. The van der Waals surface area contributed by atoms with E-state index in [1.165, 1.54) is 11.1 Å². The summed E-state index contributed by atoms with van der Waals surface area (Å²) < 4.78 is 11.3. The van der Waals surface area contributed by atoms with Crippen molar-refractivity contribution >= 4 is 11.9 Å². The molecule has 0 spiro atoms. The van der Waals surface area contributed by atoms with E-state index < -0.39 is 23.3 Å². The fraction of sp³-hybridized carbons (Fsp3) is 0.310. The molecule has 3 aliphatic carbocycles. The van der Waals surface area contributed by atoms with Crippen LogP contribution in [0, 0.1) is 5.41 Å². The Hall–Kier alpha value is -3.40. The molecular formula is C29H28O4. The smallest absolute Gasteiger partial charge is 0.324 e. The molecule has 3 aliphatic rings. The summed E-state index contributed by atoms with van der Waals surface area (Å²) in [6, 6.07) is 26.7. The maximum atomic E-state index is 13.9. The highest BCUT2D eigenvalue weighted by molar-refractivity contribution is 6.03. The van der Waals surface area contributed by atoms with Crippen LogP contribution in [0.4, 0.5) is 0 Å². The van der Waals surface area contributed by atoms with Crippen LogP contribution in [0.3, 0.4) is 0 Å². The van der Waals surface area contributed by atoms with Gasteiger partial charge in [0.05, 0.1) is 13.2 Å². The topological polar surface area (TPSA) is 52.6 Å². The molecule has 1 atom stereocenters. The highest BCUT2D eigenvalue weighted by Crippen LogP contribution is 2.62. The van der Waals surface area contributed by atoms with Crippen LogP contribution >= 0.6 is 0 Å². The minimum Gasteiger partial charge on any atom is -0.465 e. The number of carbonyl (C=O) groups excluding carboxylic acids is 2. The summed E-state index contributed by atoms with van der Waals surface area (Å²) in [5.74, 6) is -1.52. The van der Waals surface area contributed by atoms with Crippen molar-refractivity contribution in [2.45, 2.75) is 38.0 Å². The lowest BCUT2D eigenvalue weighted by Gasteiger charge is -2.38. The van der Waals surface area contributed by atoms with Crippen LogP contribution in [-0.2, 0) is 19.1 Å². The second-order valence-corrected chi connectivity index (χ2v) is 8.80. The number of benzene rings is 3. The van der Waals surface area contributed by atoms with Gasteiger partial charge in [0.2, 0.25) is 0 Å². The highest BCUT2D eigenvalue weighted by atomic mass is 16.6. The van der Waals surface area contributed by atoms with Crippen molar-refractivity contribution in [1.82, 2.24) is 0 Å². The van der Waals surface area contributed by atoms with E-state index in [-0.39, 0.29) is 25.0 Å². The SMILES string of the molecule is CCOC(=O)C1(C(=O)OCC)C[C@@H](c2ccccc2)C2c3ccccc3C1c1ccccc12. The predicted molar refractivity (Wildman–Crippen MR) is 126 cm³/mol. The zero-order valence-corrected chi connectivity index (χ0v) is 19.0. The third-order valence-corrected chi connectivity index (χ3v) is 7.23. The van der Waals surface area contributed by atoms with Crippen molar-refractivity contribution in [3.8, 4) is 0 Å². The zero-order chi connectivity index (χ0) is 23.0. The molecule has 0 saturated heterocycles. The minimum atomic E-state index is -1.47. The van der Waals surface area contributed by atoms with Crippen LogP contribution in [0.1, 0.15) is 65.8 Å². The average Bonchev–Trinajstić information content (AvgIpc) is 3.07. The predicted octanol–water partition coefficient (Wildman–Crippen LogP) is 5.56. The number of fused-ring (bicyclic) bond motifs is 2. The Bertz CT molecular complexity index is 1120. The molecule has 2 bridgehead atoms. The molecule has 3 aromatic carbocycles. The van der Waals surface area contributed by atoms with Crippen LogP contribution in [-0.4, -0.2) is 25.2 Å². The first-order valence-electron chi connectivity index (χ1n) is 11.7. The summed E-state index contributed by atoms with van der Waals surface area (Å²) in [5, 5.41) is 0. The van der Waals surface area contributed by atoms with Gasteiger partial charge in [-0.1, -0.05) is 78.9 Å². The van der Waals surface area contributed by atoms with E-state index in [9.17, 15) is 9.59 Å². The van der Waals surface area contributed by atoms with Gasteiger partial charge in [0, 0.05) is 11.8 Å². The molecule has 0 heterocycles. The Morgan fingerprint density at radius 3 is 1.67 bits per heavy atom. The molecule has 0 aromatic heterocycles. The van der Waals surface area contributed by atoms with E-state index in [1.807, 2.05) is 42.5 Å². The second-order valence-electron chi connectivity index (χ2n) is 8.80. The largest absolute Gasteiger partial charge is 0.465 e. The number of hydrogen-bond donors (Lipinski definition) is 0. The molecule has 0 aliphatic heterocycles. The summed E-state index contributed by atoms with van der Waals surface area (Å²) in [5.41, 5.74) is 4.01. The average molecular weight is 441 g/mol. The van der Waals surface area contributed by atoms with Crippen LogP contribution in [0.15, 0.2) is 78.9 Å². The third kappa shape index (κ3) is 3.19. The van der Waals surface area contributed by atoms with E-state index in [2.05, 4.69) is 36.4 Å². The highest BCUT2D eigenvalue weighted by Gasteiger charge is 2.62. The van der Waals surface area contributed by atoms with E-state index in [4.69, 9.17) is 9.47 Å². The summed E-state index contributed by atoms with van der Waals surface area (Å²) in [6.45, 7) is 3.97. The number of esters is 2. The number of rotatable bonds is 5. The van der Waals surface area contributed by atoms with Gasteiger partial charge in [-0.25, -0.2) is 0 Å². The van der Waals surface area contributed by atoms with Gasteiger partial charge in [-0.3, -0.25) is 9.59 Å². The normalized spacial score (nSPS) is 21.9. The molecule has 3 aromatic rings. The molecule has 6 rings (SSSR count). The maximum Gasteiger partial charge on any atom is 0.324 e. The van der Waals surface area contributed by atoms with Crippen LogP contribution in [0.25, 0.3) is 0 Å². The molecule has 4 nitrogen and oxygen atoms in total. The Morgan fingerprint density at radius 2 is 1.18 bits per heavy atom. The van der Waals surface area contributed by atoms with E-state index in [0.717, 1.165) is 16.7 Å². The Kier molecular flexibility index (Phi) is 5.53. The lowest BCUT2D eigenvalue weighted by Crippen LogP contribution is -2.47. The minimum absolute atomic E-state index is 0.0294. The number of carbonyl (C=O) groups is 2. The van der Waals surface area contributed by atoms with Crippen molar-refractivity contribution in [3.05, 3.63) is 107 Å². The summed E-state index contributed by atoms with van der Waals surface area (Å²) in [6.07, 6.45) is 0.327. The van der Waals surface area contributed by atoms with Crippen molar-refractivity contribution in [2.24, 2.45) is 5.41 Å². The first kappa shape index (κ1) is 21.4. The van der Waals surface area contributed by atoms with Gasteiger partial charge in [-0.05, 0) is 54.0 Å². The zero-order valence-electron chi connectivity index (χ0n) is 19.0. The monoisotopic (exact) mass is 440 g/mol. The fourth-order valence-electron chi connectivity index (χ4n) is 6.01. The van der Waals surface area contributed by atoms with Gasteiger partial charge in [0.25, 0.3) is 0 Å². The molecule has 33 heavy (non-hydrogen) atoms. The summed E-state index contributed by atoms with van der Waals surface area (Å²) in [4.78, 5) is 27.7. The summed E-state index contributed by atoms with van der Waals surface area (Å²) in [7, 11) is 0. The molecule has 0 amide bonds. The Morgan fingerprint density at radius 1 is 0.727 bits per heavy atom. The van der Waals surface area contributed by atoms with E-state index in [1.54, 1.807) is 13.8 Å². The second kappa shape index (κ2) is 8.51. The van der Waals surface area contributed by atoms with Gasteiger partial charge in [0.15, 0.2) is 5.41 Å². The van der Waals surface area contributed by atoms with Crippen LogP contribution < -0.4 is 0 Å². The van der Waals surface area contributed by atoms with E-state index >= 15 is 0 Å². The molecule has 168 valence electrons. The van der Waals surface area contributed by atoms with Crippen molar-refractivity contribution in [3.63, 3.8) is 0 Å². The van der Waals surface area contributed by atoms with Crippen molar-refractivity contribution < 1.29 is 19.1 Å². The Labute approximate surface area is 194 Å². The van der Waals surface area contributed by atoms with E-state index in [0.29, 0.717) is 6.42 Å². The molecule has 0 saturated carbocycles. The molecule has 0 N–H and O–H groups in total. The quantitative estimate of drug-likeness (QED) is 0.385. The van der Waals surface area contributed by atoms with Crippen LogP contribution in [0.2, 0.25) is 0 Å². The van der Waals surface area contributed by atoms with Gasteiger partial charge in [-0.15, -0.1) is 0 Å². The first-order valence-corrected chi connectivity index (χ1v) is 11.7. The van der Waals surface area contributed by atoms with Crippen LogP contribution in [0.5, 0.6) is 0 Å². The molecule has 0 radical (unpaired) electrons. The van der Waals surface area contributed by atoms with Gasteiger partial charge < -0.3 is 9.47 Å². The van der Waals surface area contributed by atoms with Crippen molar-refractivity contribution in [1.29, 1.82) is 0 Å². The molecule has 0 unspecified atom stereocenters. The molecular weight excluding hydrogens is 412 g/mol. The van der Waals surface area contributed by atoms with Gasteiger partial charge >= 0.3 is 11.9 Å².